The van der Waals surface area contributed by atoms with Crippen molar-refractivity contribution in [3.63, 3.8) is 0 Å². The molecule has 1 saturated heterocycles. The fourth-order valence-corrected chi connectivity index (χ4v) is 3.27. The number of ether oxygens (including phenoxy) is 1. The minimum absolute atomic E-state index is 0.484. The van der Waals surface area contributed by atoms with Crippen LogP contribution >= 0.6 is 0 Å². The van der Waals surface area contributed by atoms with Crippen LogP contribution in [0, 0.1) is 11.8 Å². The molecule has 1 heterocycles. The summed E-state index contributed by atoms with van der Waals surface area (Å²) in [6.45, 7) is 3.17. The van der Waals surface area contributed by atoms with E-state index in [1.54, 1.807) is 0 Å². The van der Waals surface area contributed by atoms with Gasteiger partial charge in [0.2, 0.25) is 0 Å². The molecular formula is C12H23NO. The Hall–Kier alpha value is -0.0800. The summed E-state index contributed by atoms with van der Waals surface area (Å²) < 4.78 is 5.67. The third-order valence-electron chi connectivity index (χ3n) is 3.98. The molecule has 0 radical (unpaired) electrons. The lowest BCUT2D eigenvalue weighted by atomic mass is 9.86. The lowest BCUT2D eigenvalue weighted by Crippen LogP contribution is -2.39. The highest BCUT2D eigenvalue weighted by atomic mass is 16.5. The molecule has 0 aromatic rings. The zero-order valence-corrected chi connectivity index (χ0v) is 9.46. The van der Waals surface area contributed by atoms with E-state index in [2.05, 4.69) is 19.3 Å². The fraction of sp³-hybridized carbons (Fsp3) is 1.00. The highest BCUT2D eigenvalue weighted by Gasteiger charge is 2.34. The first kappa shape index (κ1) is 10.4. The zero-order chi connectivity index (χ0) is 9.97. The van der Waals surface area contributed by atoms with Crippen molar-refractivity contribution in [1.29, 1.82) is 0 Å². The lowest BCUT2D eigenvalue weighted by Gasteiger charge is -2.27. The third-order valence-corrected chi connectivity index (χ3v) is 3.98. The molecule has 1 aliphatic carbocycles. The number of rotatable bonds is 3. The van der Waals surface area contributed by atoms with Gasteiger partial charge < -0.3 is 10.1 Å². The maximum absolute atomic E-state index is 5.67. The maximum atomic E-state index is 5.67. The average molecular weight is 197 g/mol. The molecule has 2 rings (SSSR count). The van der Waals surface area contributed by atoms with E-state index in [0.717, 1.165) is 18.4 Å². The molecule has 3 unspecified atom stereocenters. The average Bonchev–Trinajstić information content (AvgIpc) is 2.79. The van der Waals surface area contributed by atoms with Crippen LogP contribution in [-0.2, 0) is 4.74 Å². The predicted octanol–water partition coefficient (Wildman–Crippen LogP) is 2.19. The normalized spacial score (nSPS) is 36.4. The summed E-state index contributed by atoms with van der Waals surface area (Å²) in [5.74, 6) is 1.68. The van der Waals surface area contributed by atoms with Gasteiger partial charge in [0, 0.05) is 12.0 Å². The van der Waals surface area contributed by atoms with Gasteiger partial charge in [-0.3, -0.25) is 0 Å². The summed E-state index contributed by atoms with van der Waals surface area (Å²) in [6, 6.07) is 0.711. The number of nitrogens with one attached hydrogen (secondary N) is 1. The van der Waals surface area contributed by atoms with E-state index in [1.807, 2.05) is 0 Å². The van der Waals surface area contributed by atoms with Gasteiger partial charge in [0.25, 0.3) is 0 Å². The molecule has 2 nitrogen and oxygen atoms in total. The first-order valence-electron chi connectivity index (χ1n) is 6.10. The first-order valence-corrected chi connectivity index (χ1v) is 6.10. The Morgan fingerprint density at radius 1 is 1.21 bits per heavy atom. The molecule has 1 saturated carbocycles. The Kier molecular flexibility index (Phi) is 3.45. The van der Waals surface area contributed by atoms with E-state index in [9.17, 15) is 0 Å². The van der Waals surface area contributed by atoms with Crippen molar-refractivity contribution in [3.05, 3.63) is 0 Å². The highest BCUT2D eigenvalue weighted by molar-refractivity contribution is 4.88. The topological polar surface area (TPSA) is 21.3 Å². The van der Waals surface area contributed by atoms with Gasteiger partial charge in [-0.05, 0) is 39.2 Å². The Morgan fingerprint density at radius 2 is 1.93 bits per heavy atom. The Morgan fingerprint density at radius 3 is 2.43 bits per heavy atom. The molecule has 2 fully saturated rings. The lowest BCUT2D eigenvalue weighted by molar-refractivity contribution is 0.114. The Balaban J connectivity index is 1.91. The summed E-state index contributed by atoms with van der Waals surface area (Å²) in [4.78, 5) is 0. The number of hydrogen-bond donors (Lipinski definition) is 1. The van der Waals surface area contributed by atoms with Crippen molar-refractivity contribution >= 4 is 0 Å². The standard InChI is InChI=1S/C12H23NO/c1-9-7-11(8-14-9)12(13-2)10-5-3-4-6-10/h9-13H,3-8H2,1-2H3. The smallest absolute Gasteiger partial charge is 0.0551 e. The summed E-state index contributed by atoms with van der Waals surface area (Å²) >= 11 is 0. The monoisotopic (exact) mass is 197 g/mol. The second-order valence-electron chi connectivity index (χ2n) is 5.00. The van der Waals surface area contributed by atoms with Crippen molar-refractivity contribution in [2.75, 3.05) is 13.7 Å². The van der Waals surface area contributed by atoms with Crippen molar-refractivity contribution in [1.82, 2.24) is 5.32 Å². The van der Waals surface area contributed by atoms with E-state index >= 15 is 0 Å². The molecular weight excluding hydrogens is 174 g/mol. The quantitative estimate of drug-likeness (QED) is 0.749. The SMILES string of the molecule is CNC(C1CCCC1)C1COC(C)C1. The highest BCUT2D eigenvalue weighted by Crippen LogP contribution is 2.34. The molecule has 2 aliphatic rings. The van der Waals surface area contributed by atoms with Crippen LogP contribution in [0.15, 0.2) is 0 Å². The van der Waals surface area contributed by atoms with Crippen molar-refractivity contribution < 1.29 is 4.74 Å². The van der Waals surface area contributed by atoms with Crippen LogP contribution in [0.2, 0.25) is 0 Å². The Labute approximate surface area is 87.4 Å². The van der Waals surface area contributed by atoms with Crippen molar-refractivity contribution in [3.8, 4) is 0 Å². The molecule has 14 heavy (non-hydrogen) atoms. The van der Waals surface area contributed by atoms with Gasteiger partial charge in [0.15, 0.2) is 0 Å². The van der Waals surface area contributed by atoms with E-state index in [1.165, 1.54) is 32.1 Å². The molecule has 2 heteroatoms. The fourth-order valence-electron chi connectivity index (χ4n) is 3.27. The second kappa shape index (κ2) is 4.63. The molecule has 0 aromatic heterocycles. The van der Waals surface area contributed by atoms with E-state index < -0.39 is 0 Å². The van der Waals surface area contributed by atoms with Gasteiger partial charge in [-0.15, -0.1) is 0 Å². The van der Waals surface area contributed by atoms with Crippen LogP contribution in [0.25, 0.3) is 0 Å². The van der Waals surface area contributed by atoms with Crippen LogP contribution in [0.5, 0.6) is 0 Å². The van der Waals surface area contributed by atoms with Crippen LogP contribution in [0.3, 0.4) is 0 Å². The molecule has 0 amide bonds. The summed E-state index contributed by atoms with van der Waals surface area (Å²) in [6.07, 6.45) is 7.46. The zero-order valence-electron chi connectivity index (χ0n) is 9.46. The summed E-state index contributed by atoms with van der Waals surface area (Å²) in [5.41, 5.74) is 0. The van der Waals surface area contributed by atoms with E-state index in [-0.39, 0.29) is 0 Å². The van der Waals surface area contributed by atoms with Crippen LogP contribution < -0.4 is 5.32 Å². The third kappa shape index (κ3) is 2.12. The van der Waals surface area contributed by atoms with Crippen LogP contribution in [0.4, 0.5) is 0 Å². The van der Waals surface area contributed by atoms with Crippen LogP contribution in [-0.4, -0.2) is 25.8 Å². The van der Waals surface area contributed by atoms with Gasteiger partial charge in [-0.2, -0.15) is 0 Å². The van der Waals surface area contributed by atoms with Crippen LogP contribution in [0.1, 0.15) is 39.0 Å². The minimum Gasteiger partial charge on any atom is -0.378 e. The predicted molar refractivity (Wildman–Crippen MR) is 58.3 cm³/mol. The van der Waals surface area contributed by atoms with Gasteiger partial charge in [-0.1, -0.05) is 12.8 Å². The maximum Gasteiger partial charge on any atom is 0.0551 e. The van der Waals surface area contributed by atoms with Crippen molar-refractivity contribution in [2.45, 2.75) is 51.2 Å². The molecule has 3 atom stereocenters. The molecule has 1 aliphatic heterocycles. The molecule has 0 spiro atoms. The van der Waals surface area contributed by atoms with Gasteiger partial charge in [0.1, 0.15) is 0 Å². The van der Waals surface area contributed by atoms with Gasteiger partial charge >= 0.3 is 0 Å². The first-order chi connectivity index (χ1) is 6.81. The molecule has 0 aromatic carbocycles. The van der Waals surface area contributed by atoms with E-state index in [0.29, 0.717) is 12.1 Å². The summed E-state index contributed by atoms with van der Waals surface area (Å²) in [5, 5.41) is 3.53. The van der Waals surface area contributed by atoms with Gasteiger partial charge in [-0.25, -0.2) is 0 Å². The van der Waals surface area contributed by atoms with Crippen molar-refractivity contribution in [2.24, 2.45) is 11.8 Å². The second-order valence-corrected chi connectivity index (χ2v) is 5.00. The molecule has 82 valence electrons. The van der Waals surface area contributed by atoms with Gasteiger partial charge in [0.05, 0.1) is 12.7 Å². The summed E-state index contributed by atoms with van der Waals surface area (Å²) in [7, 11) is 2.12. The molecule has 1 N–H and O–H groups in total. The molecule has 0 bridgehead atoms. The number of hydrogen-bond acceptors (Lipinski definition) is 2. The largest absolute Gasteiger partial charge is 0.378 e. The Bertz CT molecular complexity index is 177. The van der Waals surface area contributed by atoms with E-state index in [4.69, 9.17) is 4.74 Å². The minimum atomic E-state index is 0.484.